The zero-order chi connectivity index (χ0) is 19.3. The van der Waals surface area contributed by atoms with E-state index < -0.39 is 21.0 Å². The van der Waals surface area contributed by atoms with Crippen LogP contribution >= 0.6 is 11.6 Å². The molecule has 0 fully saturated rings. The molecule has 5 nitrogen and oxygen atoms in total. The molecule has 0 saturated carbocycles. The number of halogens is 1. The van der Waals surface area contributed by atoms with Gasteiger partial charge in [0, 0.05) is 10.4 Å². The topological polar surface area (TPSA) is 86.5 Å². The van der Waals surface area contributed by atoms with Gasteiger partial charge >= 0.3 is 0 Å². The van der Waals surface area contributed by atoms with Crippen LogP contribution in [-0.2, 0) is 19.6 Å². The number of ketones is 1. The second kappa shape index (κ2) is 6.08. The lowest BCUT2D eigenvalue weighted by Crippen LogP contribution is -2.30. The number of hydrogen-bond acceptors (Lipinski definition) is 4. The highest BCUT2D eigenvalue weighted by atomic mass is 35.5. The first-order valence-electron chi connectivity index (χ1n) is 8.11. The van der Waals surface area contributed by atoms with E-state index in [1.165, 1.54) is 6.08 Å². The minimum Gasteiger partial charge on any atom is -0.482 e. The first-order chi connectivity index (χ1) is 11.9. The van der Waals surface area contributed by atoms with Crippen molar-refractivity contribution in [3.63, 3.8) is 0 Å². The van der Waals surface area contributed by atoms with E-state index >= 15 is 0 Å². The molecule has 1 heterocycles. The number of hydrogen-bond donors (Lipinski definition) is 1. The maximum Gasteiger partial charge on any atom is 0.237 e. The Bertz CT molecular complexity index is 989. The van der Waals surface area contributed by atoms with E-state index in [0.717, 1.165) is 0 Å². The predicted molar refractivity (Wildman–Crippen MR) is 102 cm³/mol. The van der Waals surface area contributed by atoms with Crippen molar-refractivity contribution in [3.8, 4) is 0 Å². The van der Waals surface area contributed by atoms with E-state index in [1.54, 1.807) is 44.2 Å². The molecule has 0 aromatic heterocycles. The number of sulfonamides is 1. The molecule has 0 radical (unpaired) electrons. The van der Waals surface area contributed by atoms with E-state index in [-0.39, 0.29) is 10.7 Å². The Labute approximate surface area is 158 Å². The molecule has 1 unspecified atom stereocenters. The highest BCUT2D eigenvalue weighted by Crippen LogP contribution is 2.48. The van der Waals surface area contributed by atoms with Crippen LogP contribution < -0.4 is 5.14 Å². The Morgan fingerprint density at radius 1 is 1.23 bits per heavy atom. The van der Waals surface area contributed by atoms with Crippen LogP contribution in [0, 0.1) is 5.41 Å². The van der Waals surface area contributed by atoms with E-state index in [1.807, 2.05) is 13.0 Å². The van der Waals surface area contributed by atoms with Crippen LogP contribution in [0.15, 0.2) is 53.2 Å². The fraction of sp³-hybridized carbons (Fsp3) is 0.316. The molecule has 7 heteroatoms. The second-order valence-corrected chi connectivity index (χ2v) is 9.26. The van der Waals surface area contributed by atoms with E-state index in [0.29, 0.717) is 28.3 Å². The average molecular weight is 394 g/mol. The normalized spacial score (nSPS) is 25.3. The van der Waals surface area contributed by atoms with Gasteiger partial charge in [0.2, 0.25) is 15.8 Å². The fourth-order valence-corrected chi connectivity index (χ4v) is 3.92. The summed E-state index contributed by atoms with van der Waals surface area (Å²) < 4.78 is 29.1. The summed E-state index contributed by atoms with van der Waals surface area (Å²) in [7, 11) is -3.77. The number of rotatable bonds is 3. The van der Waals surface area contributed by atoms with Crippen LogP contribution in [0.4, 0.5) is 0 Å². The molecule has 1 atom stereocenters. The summed E-state index contributed by atoms with van der Waals surface area (Å²) in [6, 6.07) is 7.05. The quantitative estimate of drug-likeness (QED) is 0.850. The Morgan fingerprint density at radius 2 is 1.92 bits per heavy atom. The first-order valence-corrected chi connectivity index (χ1v) is 10.0. The maximum atomic E-state index is 13.0. The van der Waals surface area contributed by atoms with Gasteiger partial charge in [-0.25, -0.2) is 13.6 Å². The summed E-state index contributed by atoms with van der Waals surface area (Å²) in [4.78, 5) is 13.0. The average Bonchev–Trinajstić information content (AvgIpc) is 2.78. The predicted octanol–water partition coefficient (Wildman–Crippen LogP) is 3.57. The van der Waals surface area contributed by atoms with Crippen molar-refractivity contribution in [1.29, 1.82) is 0 Å². The number of benzene rings is 1. The van der Waals surface area contributed by atoms with E-state index in [9.17, 15) is 13.2 Å². The van der Waals surface area contributed by atoms with Crippen molar-refractivity contribution in [2.45, 2.75) is 32.8 Å². The maximum absolute atomic E-state index is 13.0. The highest BCUT2D eigenvalue weighted by Gasteiger charge is 2.48. The highest BCUT2D eigenvalue weighted by molar-refractivity contribution is 7.93. The lowest BCUT2D eigenvalue weighted by Gasteiger charge is -2.31. The summed E-state index contributed by atoms with van der Waals surface area (Å²) in [5.41, 5.74) is -0.528. The van der Waals surface area contributed by atoms with Gasteiger partial charge in [0.1, 0.15) is 5.76 Å². The molecular formula is C19H20ClNO4S. The van der Waals surface area contributed by atoms with Gasteiger partial charge < -0.3 is 4.74 Å². The minimum atomic E-state index is -3.77. The lowest BCUT2D eigenvalue weighted by atomic mass is 9.78. The third-order valence-electron chi connectivity index (χ3n) is 4.66. The van der Waals surface area contributed by atoms with Crippen LogP contribution in [0.1, 0.15) is 32.8 Å². The molecule has 3 rings (SSSR count). The van der Waals surface area contributed by atoms with Gasteiger partial charge in [-0.15, -0.1) is 0 Å². The Kier molecular flexibility index (Phi) is 4.42. The van der Waals surface area contributed by atoms with Gasteiger partial charge in [-0.1, -0.05) is 35.9 Å². The van der Waals surface area contributed by atoms with Crippen molar-refractivity contribution >= 4 is 33.0 Å². The van der Waals surface area contributed by atoms with Gasteiger partial charge in [0.15, 0.2) is 5.60 Å². The largest absolute Gasteiger partial charge is 0.482 e. The van der Waals surface area contributed by atoms with Crippen molar-refractivity contribution in [2.24, 2.45) is 10.6 Å². The third-order valence-corrected chi connectivity index (χ3v) is 5.86. The van der Waals surface area contributed by atoms with Gasteiger partial charge in [-0.3, -0.25) is 4.79 Å². The number of nitrogens with two attached hydrogens (primary N) is 1. The van der Waals surface area contributed by atoms with E-state index in [2.05, 4.69) is 0 Å². The molecule has 138 valence electrons. The molecule has 1 aromatic rings. The third kappa shape index (κ3) is 3.24. The molecule has 0 saturated heterocycles. The van der Waals surface area contributed by atoms with Crippen LogP contribution in [0.2, 0.25) is 5.02 Å². The van der Waals surface area contributed by atoms with Crippen molar-refractivity contribution < 1.29 is 17.9 Å². The first kappa shape index (κ1) is 18.9. The monoisotopic (exact) mass is 393 g/mol. The molecule has 2 N–H and O–H groups in total. The summed E-state index contributed by atoms with van der Waals surface area (Å²) in [6.07, 6.45) is 5.08. The van der Waals surface area contributed by atoms with Crippen LogP contribution in [0.5, 0.6) is 0 Å². The number of primary sulfonamides is 1. The molecule has 26 heavy (non-hydrogen) atoms. The van der Waals surface area contributed by atoms with Crippen molar-refractivity contribution in [3.05, 3.63) is 63.7 Å². The standard InChI is InChI=1S/C19H20ClNO4S/c1-18(2)16(22)15(12-5-4-6-13(20)11-12)17(25-18)19(3)9-7-14(8-10-19)26(21,23)24/h4-9,11H,10H2,1-3H3,(H2,21,23,24). The molecular weight excluding hydrogens is 374 g/mol. The van der Waals surface area contributed by atoms with Gasteiger partial charge in [0.05, 0.1) is 10.5 Å². The van der Waals surface area contributed by atoms with Crippen molar-refractivity contribution in [1.82, 2.24) is 0 Å². The van der Waals surface area contributed by atoms with Crippen molar-refractivity contribution in [2.75, 3.05) is 0 Å². The van der Waals surface area contributed by atoms with Gasteiger partial charge in [-0.05, 0) is 51.0 Å². The molecule has 0 amide bonds. The fourth-order valence-electron chi connectivity index (χ4n) is 3.16. The lowest BCUT2D eigenvalue weighted by molar-refractivity contribution is -0.127. The smallest absolute Gasteiger partial charge is 0.237 e. The number of Topliss-reactive ketones (excluding diaryl/α,β-unsaturated/α-hetero) is 1. The Hall–Kier alpha value is -1.89. The van der Waals surface area contributed by atoms with Crippen LogP contribution in [-0.4, -0.2) is 19.8 Å². The summed E-state index contributed by atoms with van der Waals surface area (Å²) >= 11 is 6.10. The number of carbonyl (C=O) groups excluding carboxylic acids is 1. The SMILES string of the molecule is CC1(C2=C(c3cccc(Cl)c3)C(=O)C(C)(C)O2)C=CC(S(N)(=O)=O)=CC1. The summed E-state index contributed by atoms with van der Waals surface area (Å²) in [6.45, 7) is 5.33. The number of allylic oxidation sites excluding steroid dienone is 3. The number of ether oxygens (including phenoxy) is 1. The molecule has 1 aromatic carbocycles. The molecule has 2 aliphatic rings. The van der Waals surface area contributed by atoms with Gasteiger partial charge in [-0.2, -0.15) is 0 Å². The Morgan fingerprint density at radius 3 is 2.46 bits per heavy atom. The zero-order valence-corrected chi connectivity index (χ0v) is 16.3. The van der Waals surface area contributed by atoms with Crippen LogP contribution in [0.25, 0.3) is 5.57 Å². The molecule has 0 spiro atoms. The van der Waals surface area contributed by atoms with E-state index in [4.69, 9.17) is 21.5 Å². The number of carbonyl (C=O) groups is 1. The molecule has 1 aliphatic heterocycles. The minimum absolute atomic E-state index is 0.0588. The van der Waals surface area contributed by atoms with Crippen LogP contribution in [0.3, 0.4) is 0 Å². The summed E-state index contributed by atoms with van der Waals surface area (Å²) in [5.74, 6) is 0.376. The Balaban J connectivity index is 2.13. The second-order valence-electron chi connectivity index (χ2n) is 7.26. The molecule has 0 bridgehead atoms. The van der Waals surface area contributed by atoms with Gasteiger partial charge in [0.25, 0.3) is 0 Å². The summed E-state index contributed by atoms with van der Waals surface area (Å²) in [5, 5.41) is 5.71. The molecule has 1 aliphatic carbocycles. The zero-order valence-electron chi connectivity index (χ0n) is 14.7.